The minimum absolute atomic E-state index is 0.0278. The van der Waals surface area contributed by atoms with E-state index in [-0.39, 0.29) is 5.69 Å². The molecule has 0 aliphatic carbocycles. The summed E-state index contributed by atoms with van der Waals surface area (Å²) in [6, 6.07) is 14.4. The van der Waals surface area contributed by atoms with Gasteiger partial charge in [-0.25, -0.2) is 10.1 Å². The Morgan fingerprint density at radius 3 is 2.05 bits per heavy atom. The first kappa shape index (κ1) is 14.9. The Hall–Kier alpha value is -3.16. The van der Waals surface area contributed by atoms with Crippen LogP contribution in [0.15, 0.2) is 54.6 Å². The predicted octanol–water partition coefficient (Wildman–Crippen LogP) is 2.47. The highest BCUT2D eigenvalue weighted by molar-refractivity contribution is 5.46. The van der Waals surface area contributed by atoms with E-state index in [0.717, 1.165) is 0 Å². The Kier molecular flexibility index (Phi) is 5.45. The molecule has 0 aliphatic heterocycles. The summed E-state index contributed by atoms with van der Waals surface area (Å²) in [6.07, 6.45) is 0. The number of benzene rings is 2. The fourth-order valence-corrected chi connectivity index (χ4v) is 1.26. The summed E-state index contributed by atoms with van der Waals surface area (Å²) >= 11 is 0. The van der Waals surface area contributed by atoms with Crippen LogP contribution in [0.1, 0.15) is 0 Å². The van der Waals surface area contributed by atoms with Gasteiger partial charge in [-0.1, -0.05) is 24.3 Å². The van der Waals surface area contributed by atoms with Gasteiger partial charge in [-0.15, -0.1) is 5.43 Å². The molecular formula is C12H12N4O4. The maximum absolute atomic E-state index is 10.1. The van der Waals surface area contributed by atoms with Crippen molar-refractivity contribution in [3.8, 4) is 0 Å². The smallest absolute Gasteiger partial charge is 0.271 e. The number of anilines is 2. The van der Waals surface area contributed by atoms with Crippen molar-refractivity contribution in [3.05, 3.63) is 74.8 Å². The number of nitro groups is 2. The van der Waals surface area contributed by atoms with E-state index in [1.165, 1.54) is 12.1 Å². The number of nitrogen functional groups attached to an aromatic ring is 1. The van der Waals surface area contributed by atoms with Crippen LogP contribution in [0.4, 0.5) is 17.1 Å². The standard InChI is InChI=1S/2C6H6N2O2/c7-5-2-1-3-6(4-5)8(9)10;9-8(10)7-6-4-2-1-3-5-6/h1-4H,7H2;1-5,7H. The van der Waals surface area contributed by atoms with Gasteiger partial charge in [0.1, 0.15) is 5.69 Å². The highest BCUT2D eigenvalue weighted by Crippen LogP contribution is 2.13. The van der Waals surface area contributed by atoms with Gasteiger partial charge in [0.15, 0.2) is 5.03 Å². The molecule has 8 heteroatoms. The molecule has 0 unspecified atom stereocenters. The maximum Gasteiger partial charge on any atom is 0.271 e. The normalized spacial score (nSPS) is 9.00. The minimum atomic E-state index is -0.588. The first-order valence-corrected chi connectivity index (χ1v) is 5.45. The summed E-state index contributed by atoms with van der Waals surface area (Å²) in [5, 5.41) is 19.4. The van der Waals surface area contributed by atoms with E-state index in [1.54, 1.807) is 42.5 Å². The predicted molar refractivity (Wildman–Crippen MR) is 74.6 cm³/mol. The average Bonchev–Trinajstić information content (AvgIpc) is 2.40. The second-order valence-corrected chi connectivity index (χ2v) is 3.59. The van der Waals surface area contributed by atoms with Crippen LogP contribution in [0.5, 0.6) is 0 Å². The first-order chi connectivity index (χ1) is 9.49. The number of hydrazine groups is 1. The van der Waals surface area contributed by atoms with E-state index < -0.39 is 9.96 Å². The molecule has 0 saturated heterocycles. The number of hydrogen-bond acceptors (Lipinski definition) is 5. The molecule has 0 radical (unpaired) electrons. The second-order valence-electron chi connectivity index (χ2n) is 3.59. The van der Waals surface area contributed by atoms with Crippen LogP contribution in [-0.4, -0.2) is 9.96 Å². The molecule has 0 aromatic heterocycles. The zero-order valence-corrected chi connectivity index (χ0v) is 10.3. The molecule has 0 aliphatic rings. The van der Waals surface area contributed by atoms with Gasteiger partial charge in [-0.05, 0) is 18.2 Å². The Bertz CT molecular complexity index is 589. The van der Waals surface area contributed by atoms with Crippen molar-refractivity contribution in [2.75, 3.05) is 11.2 Å². The van der Waals surface area contributed by atoms with E-state index in [9.17, 15) is 20.2 Å². The van der Waals surface area contributed by atoms with Crippen LogP contribution in [0.2, 0.25) is 0 Å². The SMILES string of the molecule is Nc1cccc([N+](=O)[O-])c1.O=[N+]([O-])Nc1ccccc1. The van der Waals surface area contributed by atoms with Gasteiger partial charge < -0.3 is 5.73 Å². The lowest BCUT2D eigenvalue weighted by Gasteiger charge is -1.93. The van der Waals surface area contributed by atoms with Gasteiger partial charge in [0, 0.05) is 17.8 Å². The zero-order chi connectivity index (χ0) is 15.0. The van der Waals surface area contributed by atoms with Crippen LogP contribution in [0, 0.1) is 20.2 Å². The third-order valence-electron chi connectivity index (χ3n) is 2.08. The van der Waals surface area contributed by atoms with E-state index in [4.69, 9.17) is 5.73 Å². The summed E-state index contributed by atoms with van der Waals surface area (Å²) in [5.41, 5.74) is 8.25. The number of nitro benzene ring substituents is 1. The maximum atomic E-state index is 10.1. The van der Waals surface area contributed by atoms with Gasteiger partial charge in [0.25, 0.3) is 5.69 Å². The van der Waals surface area contributed by atoms with Crippen LogP contribution < -0.4 is 11.2 Å². The van der Waals surface area contributed by atoms with Crippen LogP contribution >= 0.6 is 0 Å². The fourth-order valence-electron chi connectivity index (χ4n) is 1.26. The quantitative estimate of drug-likeness (QED) is 0.504. The molecule has 8 nitrogen and oxygen atoms in total. The Morgan fingerprint density at radius 2 is 1.60 bits per heavy atom. The average molecular weight is 276 g/mol. The highest BCUT2D eigenvalue weighted by Gasteiger charge is 2.02. The number of hydrogen-bond donors (Lipinski definition) is 2. The molecule has 0 fully saturated rings. The summed E-state index contributed by atoms with van der Waals surface area (Å²) in [7, 11) is 0. The number of rotatable bonds is 3. The lowest BCUT2D eigenvalue weighted by Crippen LogP contribution is -2.06. The molecule has 0 bridgehead atoms. The lowest BCUT2D eigenvalue weighted by molar-refractivity contribution is -0.445. The van der Waals surface area contributed by atoms with Crippen molar-refractivity contribution >= 4 is 17.1 Å². The molecular weight excluding hydrogens is 264 g/mol. The van der Waals surface area contributed by atoms with E-state index in [2.05, 4.69) is 0 Å². The molecule has 2 rings (SSSR count). The molecule has 104 valence electrons. The van der Waals surface area contributed by atoms with Gasteiger partial charge >= 0.3 is 0 Å². The van der Waals surface area contributed by atoms with Gasteiger partial charge in [0.05, 0.1) is 4.92 Å². The van der Waals surface area contributed by atoms with Gasteiger partial charge in [-0.2, -0.15) is 0 Å². The van der Waals surface area contributed by atoms with Crippen molar-refractivity contribution < 1.29 is 9.96 Å². The number of nitrogens with two attached hydrogens (primary N) is 1. The number of nitrogens with one attached hydrogen (secondary N) is 1. The Balaban J connectivity index is 0.000000200. The number of para-hydroxylation sites is 1. The molecule has 0 amide bonds. The fraction of sp³-hybridized carbons (Fsp3) is 0. The number of non-ortho nitro benzene ring substituents is 1. The molecule has 20 heavy (non-hydrogen) atoms. The molecule has 3 N–H and O–H groups in total. The van der Waals surface area contributed by atoms with E-state index in [0.29, 0.717) is 11.4 Å². The third-order valence-corrected chi connectivity index (χ3v) is 2.08. The third kappa shape index (κ3) is 5.45. The zero-order valence-electron chi connectivity index (χ0n) is 10.3. The first-order valence-electron chi connectivity index (χ1n) is 5.45. The molecule has 0 atom stereocenters. The van der Waals surface area contributed by atoms with Crippen molar-refractivity contribution in [2.24, 2.45) is 0 Å². The number of nitrogens with zero attached hydrogens (tertiary/aromatic N) is 2. The van der Waals surface area contributed by atoms with Crippen molar-refractivity contribution in [3.63, 3.8) is 0 Å². The van der Waals surface area contributed by atoms with Crippen LogP contribution in [-0.2, 0) is 0 Å². The monoisotopic (exact) mass is 276 g/mol. The Morgan fingerprint density at radius 1 is 0.950 bits per heavy atom. The molecule has 0 heterocycles. The highest BCUT2D eigenvalue weighted by atomic mass is 16.7. The van der Waals surface area contributed by atoms with Gasteiger partial charge in [-0.3, -0.25) is 10.1 Å². The molecule has 0 saturated carbocycles. The summed E-state index contributed by atoms with van der Waals surface area (Å²) in [4.78, 5) is 19.5. The van der Waals surface area contributed by atoms with Crippen molar-refractivity contribution in [2.45, 2.75) is 0 Å². The summed E-state index contributed by atoms with van der Waals surface area (Å²) in [5.74, 6) is 0. The molecule has 2 aromatic carbocycles. The van der Waals surface area contributed by atoms with Crippen LogP contribution in [0.3, 0.4) is 0 Å². The second kappa shape index (κ2) is 7.31. The topological polar surface area (TPSA) is 124 Å². The summed E-state index contributed by atoms with van der Waals surface area (Å²) in [6.45, 7) is 0. The molecule has 0 spiro atoms. The van der Waals surface area contributed by atoms with Crippen molar-refractivity contribution in [1.29, 1.82) is 0 Å². The minimum Gasteiger partial charge on any atom is -0.399 e. The molecule has 2 aromatic rings. The Labute approximate surface area is 114 Å². The van der Waals surface area contributed by atoms with E-state index in [1.807, 2.05) is 5.43 Å². The van der Waals surface area contributed by atoms with Crippen molar-refractivity contribution in [1.82, 2.24) is 0 Å². The lowest BCUT2D eigenvalue weighted by atomic mass is 10.3. The van der Waals surface area contributed by atoms with Gasteiger partial charge in [0.2, 0.25) is 0 Å². The van der Waals surface area contributed by atoms with E-state index >= 15 is 0 Å². The van der Waals surface area contributed by atoms with Crippen LogP contribution in [0.25, 0.3) is 0 Å². The largest absolute Gasteiger partial charge is 0.399 e. The summed E-state index contributed by atoms with van der Waals surface area (Å²) < 4.78 is 0.